The normalized spacial score (nSPS) is 11.8. The molecule has 0 aliphatic heterocycles. The van der Waals surface area contributed by atoms with Gasteiger partial charge in [0.2, 0.25) is 11.8 Å². The van der Waals surface area contributed by atoms with Crippen LogP contribution in [-0.4, -0.2) is 35.8 Å². The first-order chi connectivity index (χ1) is 9.52. The van der Waals surface area contributed by atoms with Crippen LogP contribution in [0.15, 0.2) is 30.3 Å². The van der Waals surface area contributed by atoms with Crippen LogP contribution in [0.4, 0.5) is 0 Å². The number of benzene rings is 1. The summed E-state index contributed by atoms with van der Waals surface area (Å²) in [5, 5.41) is 2.79. The molecule has 5 heteroatoms. The van der Waals surface area contributed by atoms with Gasteiger partial charge in [-0.25, -0.2) is 0 Å². The minimum absolute atomic E-state index is 0.0338. The van der Waals surface area contributed by atoms with Gasteiger partial charge in [-0.05, 0) is 12.5 Å². The monoisotopic (exact) mass is 277 g/mol. The Kier molecular flexibility index (Phi) is 6.73. The Morgan fingerprint density at radius 1 is 1.30 bits per heavy atom. The number of rotatable bonds is 7. The molecule has 3 N–H and O–H groups in total. The van der Waals surface area contributed by atoms with E-state index < -0.39 is 0 Å². The molecular weight excluding hydrogens is 254 g/mol. The molecule has 0 bridgehead atoms. The van der Waals surface area contributed by atoms with Crippen molar-refractivity contribution in [3.8, 4) is 0 Å². The molecule has 0 saturated carbocycles. The number of carbonyl (C=O) groups is 2. The molecule has 1 aromatic carbocycles. The molecule has 0 heterocycles. The average Bonchev–Trinajstić information content (AvgIpc) is 2.44. The summed E-state index contributed by atoms with van der Waals surface area (Å²) >= 11 is 0. The van der Waals surface area contributed by atoms with Gasteiger partial charge in [0.15, 0.2) is 0 Å². The quantitative estimate of drug-likeness (QED) is 0.777. The number of hydrogen-bond acceptors (Lipinski definition) is 3. The molecule has 0 saturated heterocycles. The molecule has 0 unspecified atom stereocenters. The third-order valence-corrected chi connectivity index (χ3v) is 3.03. The Labute approximate surface area is 120 Å². The number of nitrogens with two attached hydrogens (primary N) is 1. The number of carbonyl (C=O) groups excluding carboxylic acids is 2. The highest BCUT2D eigenvalue weighted by molar-refractivity contribution is 5.78. The molecule has 1 atom stereocenters. The van der Waals surface area contributed by atoms with Gasteiger partial charge in [0.1, 0.15) is 0 Å². The van der Waals surface area contributed by atoms with E-state index in [1.807, 2.05) is 37.3 Å². The zero-order valence-electron chi connectivity index (χ0n) is 12.1. The van der Waals surface area contributed by atoms with Crippen molar-refractivity contribution in [1.82, 2.24) is 10.2 Å². The predicted octanol–water partition coefficient (Wildman–Crippen LogP) is 0.889. The minimum Gasteiger partial charge on any atom is -0.352 e. The summed E-state index contributed by atoms with van der Waals surface area (Å²) in [6.07, 6.45) is 0.288. The van der Waals surface area contributed by atoms with Crippen LogP contribution in [0.1, 0.15) is 25.8 Å². The fourth-order valence-corrected chi connectivity index (χ4v) is 1.79. The topological polar surface area (TPSA) is 75.4 Å². The van der Waals surface area contributed by atoms with Crippen molar-refractivity contribution in [2.75, 3.05) is 13.1 Å². The molecule has 0 fully saturated rings. The van der Waals surface area contributed by atoms with Crippen LogP contribution in [0.3, 0.4) is 0 Å². The van der Waals surface area contributed by atoms with Gasteiger partial charge in [-0.15, -0.1) is 0 Å². The second kappa shape index (κ2) is 8.32. The summed E-state index contributed by atoms with van der Waals surface area (Å²) in [6.45, 7) is 4.71. The number of hydrogen-bond donors (Lipinski definition) is 2. The summed E-state index contributed by atoms with van der Waals surface area (Å²) < 4.78 is 0. The predicted molar refractivity (Wildman–Crippen MR) is 78.8 cm³/mol. The largest absolute Gasteiger partial charge is 0.352 e. The Bertz CT molecular complexity index is 434. The Morgan fingerprint density at radius 3 is 2.50 bits per heavy atom. The van der Waals surface area contributed by atoms with Gasteiger partial charge in [-0.3, -0.25) is 9.59 Å². The van der Waals surface area contributed by atoms with Crippen molar-refractivity contribution in [2.24, 2.45) is 5.73 Å². The fourth-order valence-electron chi connectivity index (χ4n) is 1.79. The number of amides is 2. The van der Waals surface area contributed by atoms with Gasteiger partial charge in [0.25, 0.3) is 0 Å². The molecule has 1 rings (SSSR count). The highest BCUT2D eigenvalue weighted by Crippen LogP contribution is 2.05. The molecule has 5 nitrogen and oxygen atoms in total. The van der Waals surface area contributed by atoms with Crippen LogP contribution in [0.5, 0.6) is 0 Å². The molecule has 0 radical (unpaired) electrons. The summed E-state index contributed by atoms with van der Waals surface area (Å²) in [4.78, 5) is 25.0. The first kappa shape index (κ1) is 16.2. The van der Waals surface area contributed by atoms with Crippen molar-refractivity contribution in [1.29, 1.82) is 0 Å². The number of nitrogens with zero attached hydrogens (tertiary/aromatic N) is 1. The van der Waals surface area contributed by atoms with E-state index in [1.165, 1.54) is 6.92 Å². The van der Waals surface area contributed by atoms with Crippen molar-refractivity contribution in [2.45, 2.75) is 32.9 Å². The molecule has 0 spiro atoms. The lowest BCUT2D eigenvalue weighted by Gasteiger charge is -2.21. The maximum absolute atomic E-state index is 11.7. The maximum atomic E-state index is 11.7. The van der Waals surface area contributed by atoms with Crippen LogP contribution >= 0.6 is 0 Å². The van der Waals surface area contributed by atoms with Crippen LogP contribution in [0.25, 0.3) is 0 Å². The Morgan fingerprint density at radius 2 is 1.95 bits per heavy atom. The van der Waals surface area contributed by atoms with E-state index in [0.29, 0.717) is 19.6 Å². The highest BCUT2D eigenvalue weighted by atomic mass is 16.2. The molecule has 0 aliphatic carbocycles. The van der Waals surface area contributed by atoms with E-state index in [9.17, 15) is 9.59 Å². The summed E-state index contributed by atoms with van der Waals surface area (Å²) in [6, 6.07) is 9.69. The molecule has 110 valence electrons. The van der Waals surface area contributed by atoms with E-state index in [1.54, 1.807) is 4.90 Å². The molecule has 20 heavy (non-hydrogen) atoms. The van der Waals surface area contributed by atoms with Gasteiger partial charge in [0.05, 0.1) is 0 Å². The molecular formula is C15H23N3O2. The summed E-state index contributed by atoms with van der Waals surface area (Å²) in [7, 11) is 0. The first-order valence-corrected chi connectivity index (χ1v) is 6.81. The van der Waals surface area contributed by atoms with Crippen LogP contribution in [0, 0.1) is 0 Å². The lowest BCUT2D eigenvalue weighted by molar-refractivity contribution is -0.130. The third kappa shape index (κ3) is 5.84. The van der Waals surface area contributed by atoms with E-state index >= 15 is 0 Å². The van der Waals surface area contributed by atoms with Crippen molar-refractivity contribution >= 4 is 11.8 Å². The smallest absolute Gasteiger partial charge is 0.222 e. The maximum Gasteiger partial charge on any atom is 0.222 e. The van der Waals surface area contributed by atoms with E-state index in [2.05, 4.69) is 5.32 Å². The minimum atomic E-state index is -0.0812. The highest BCUT2D eigenvalue weighted by Gasteiger charge is 2.12. The van der Waals surface area contributed by atoms with Crippen LogP contribution in [-0.2, 0) is 16.1 Å². The van der Waals surface area contributed by atoms with Crippen molar-refractivity contribution < 1.29 is 9.59 Å². The second-order valence-corrected chi connectivity index (χ2v) is 4.88. The van der Waals surface area contributed by atoms with Gasteiger partial charge in [-0.1, -0.05) is 30.3 Å². The lowest BCUT2D eigenvalue weighted by Crippen LogP contribution is -2.40. The molecule has 0 aliphatic rings. The fraction of sp³-hybridized carbons (Fsp3) is 0.467. The van der Waals surface area contributed by atoms with Crippen LogP contribution in [0.2, 0.25) is 0 Å². The van der Waals surface area contributed by atoms with E-state index in [4.69, 9.17) is 5.73 Å². The average molecular weight is 277 g/mol. The first-order valence-electron chi connectivity index (χ1n) is 6.81. The van der Waals surface area contributed by atoms with E-state index in [0.717, 1.165) is 5.56 Å². The van der Waals surface area contributed by atoms with Crippen molar-refractivity contribution in [3.05, 3.63) is 35.9 Å². The lowest BCUT2D eigenvalue weighted by atomic mass is 10.2. The standard InChI is InChI=1S/C15H23N3O2/c1-12(10-16)17-15(20)8-9-18(13(2)19)11-14-6-4-3-5-7-14/h3-7,12H,8-11,16H2,1-2H3,(H,17,20)/t12-/m0/s1. The Balaban J connectivity index is 2.48. The SMILES string of the molecule is CC(=O)N(CCC(=O)N[C@@H](C)CN)Cc1ccccc1. The van der Waals surface area contributed by atoms with Gasteiger partial charge in [-0.2, -0.15) is 0 Å². The Hall–Kier alpha value is -1.88. The molecule has 2 amide bonds. The molecule has 1 aromatic rings. The van der Waals surface area contributed by atoms with Crippen LogP contribution < -0.4 is 11.1 Å². The van der Waals surface area contributed by atoms with Gasteiger partial charge < -0.3 is 16.0 Å². The van der Waals surface area contributed by atoms with Crippen molar-refractivity contribution in [3.63, 3.8) is 0 Å². The van der Waals surface area contributed by atoms with E-state index in [-0.39, 0.29) is 24.3 Å². The van der Waals surface area contributed by atoms with Gasteiger partial charge >= 0.3 is 0 Å². The number of nitrogens with one attached hydrogen (secondary N) is 1. The molecule has 0 aromatic heterocycles. The zero-order valence-corrected chi connectivity index (χ0v) is 12.1. The zero-order chi connectivity index (χ0) is 15.0. The second-order valence-electron chi connectivity index (χ2n) is 4.88. The van der Waals surface area contributed by atoms with Gasteiger partial charge in [0, 0.05) is 39.0 Å². The third-order valence-electron chi connectivity index (χ3n) is 3.03. The summed E-state index contributed by atoms with van der Waals surface area (Å²) in [5.74, 6) is -0.115. The summed E-state index contributed by atoms with van der Waals surface area (Å²) in [5.41, 5.74) is 6.50.